The number of carbonyl (C=O) groups excluding carboxylic acids is 2. The Kier molecular flexibility index (Phi) is 5.58. The highest BCUT2D eigenvalue weighted by Crippen LogP contribution is 2.36. The van der Waals surface area contributed by atoms with Crippen molar-refractivity contribution in [2.45, 2.75) is 12.5 Å². The van der Waals surface area contributed by atoms with E-state index in [1.54, 1.807) is 43.5 Å². The minimum Gasteiger partial charge on any atom is -0.497 e. The van der Waals surface area contributed by atoms with Gasteiger partial charge >= 0.3 is 0 Å². The van der Waals surface area contributed by atoms with E-state index >= 15 is 0 Å². The van der Waals surface area contributed by atoms with Gasteiger partial charge in [0.15, 0.2) is 0 Å². The Morgan fingerprint density at radius 1 is 0.857 bits per heavy atom. The molecule has 8 heteroatoms. The van der Waals surface area contributed by atoms with Crippen LogP contribution in [0.5, 0.6) is 23.0 Å². The zero-order valence-corrected chi connectivity index (χ0v) is 16.1. The van der Waals surface area contributed by atoms with Crippen LogP contribution in [0.25, 0.3) is 0 Å². The van der Waals surface area contributed by atoms with Gasteiger partial charge in [0, 0.05) is 12.1 Å². The summed E-state index contributed by atoms with van der Waals surface area (Å²) in [5, 5.41) is 3.09. The minimum absolute atomic E-state index is 0.0171. The van der Waals surface area contributed by atoms with E-state index in [1.807, 2.05) is 0 Å². The lowest BCUT2D eigenvalue weighted by Crippen LogP contribution is -2.35. The Labute approximate surface area is 162 Å². The van der Waals surface area contributed by atoms with Gasteiger partial charge in [-0.25, -0.2) is 4.90 Å². The summed E-state index contributed by atoms with van der Waals surface area (Å²) in [7, 11) is 6.08. The average molecular weight is 386 g/mol. The summed E-state index contributed by atoms with van der Waals surface area (Å²) in [6.45, 7) is 0. The molecule has 0 aliphatic carbocycles. The summed E-state index contributed by atoms with van der Waals surface area (Å²) in [5.41, 5.74) is 0.974. The first-order valence-electron chi connectivity index (χ1n) is 8.59. The second kappa shape index (κ2) is 8.08. The Morgan fingerprint density at radius 2 is 1.46 bits per heavy atom. The van der Waals surface area contributed by atoms with Crippen molar-refractivity contribution < 1.29 is 28.5 Å². The van der Waals surface area contributed by atoms with Gasteiger partial charge < -0.3 is 24.3 Å². The van der Waals surface area contributed by atoms with E-state index in [4.69, 9.17) is 18.9 Å². The van der Waals surface area contributed by atoms with Gasteiger partial charge in [0.25, 0.3) is 5.91 Å². The van der Waals surface area contributed by atoms with Crippen LogP contribution in [0.15, 0.2) is 36.4 Å². The van der Waals surface area contributed by atoms with Crippen LogP contribution in [-0.4, -0.2) is 46.3 Å². The van der Waals surface area contributed by atoms with Crippen molar-refractivity contribution in [1.82, 2.24) is 0 Å². The molecule has 1 aliphatic rings. The number of hydrogen-bond acceptors (Lipinski definition) is 7. The van der Waals surface area contributed by atoms with Crippen molar-refractivity contribution in [3.05, 3.63) is 36.4 Å². The first-order valence-corrected chi connectivity index (χ1v) is 8.59. The summed E-state index contributed by atoms with van der Waals surface area (Å²) in [6.07, 6.45) is 0.0171. The fourth-order valence-electron chi connectivity index (χ4n) is 3.07. The monoisotopic (exact) mass is 386 g/mol. The summed E-state index contributed by atoms with van der Waals surface area (Å²) in [4.78, 5) is 26.7. The van der Waals surface area contributed by atoms with Crippen LogP contribution in [0.2, 0.25) is 0 Å². The van der Waals surface area contributed by atoms with Gasteiger partial charge in [0.05, 0.1) is 46.2 Å². The molecule has 0 saturated carbocycles. The number of nitrogens with zero attached hydrogens (tertiary/aromatic N) is 1. The van der Waals surface area contributed by atoms with Crippen molar-refractivity contribution in [3.8, 4) is 23.0 Å². The number of carbonyl (C=O) groups is 2. The molecule has 2 aromatic carbocycles. The molecule has 1 N–H and O–H groups in total. The van der Waals surface area contributed by atoms with Crippen molar-refractivity contribution in [2.75, 3.05) is 38.7 Å². The molecule has 148 valence electrons. The summed E-state index contributed by atoms with van der Waals surface area (Å²) in [5.74, 6) is 1.40. The molecule has 28 heavy (non-hydrogen) atoms. The maximum absolute atomic E-state index is 13.0. The topological polar surface area (TPSA) is 86.3 Å². The average Bonchev–Trinajstić information content (AvgIpc) is 3.00. The molecule has 3 rings (SSSR count). The molecule has 0 bridgehead atoms. The predicted molar refractivity (Wildman–Crippen MR) is 104 cm³/mol. The van der Waals surface area contributed by atoms with Crippen LogP contribution in [0.1, 0.15) is 6.42 Å². The summed E-state index contributed by atoms with van der Waals surface area (Å²) >= 11 is 0. The molecule has 0 aromatic heterocycles. The Bertz CT molecular complexity index is 898. The molecule has 1 heterocycles. The van der Waals surface area contributed by atoms with Gasteiger partial charge in [-0.1, -0.05) is 0 Å². The number of anilines is 2. The number of rotatable bonds is 7. The SMILES string of the molecule is COc1ccc(N[C@@H]2CC(=O)N(c3ccc(OC)cc3OC)C2=O)c(OC)c1. The molecule has 1 saturated heterocycles. The number of imide groups is 1. The molecule has 0 spiro atoms. The summed E-state index contributed by atoms with van der Waals surface area (Å²) < 4.78 is 21.0. The number of methoxy groups -OCH3 is 4. The minimum atomic E-state index is -0.721. The van der Waals surface area contributed by atoms with E-state index in [2.05, 4.69) is 5.32 Å². The largest absolute Gasteiger partial charge is 0.497 e. The van der Waals surface area contributed by atoms with Gasteiger partial charge in [0.1, 0.15) is 29.0 Å². The lowest BCUT2D eigenvalue weighted by Gasteiger charge is -2.19. The third-order valence-corrected chi connectivity index (χ3v) is 4.51. The standard InChI is InChI=1S/C20H22N2O6/c1-25-12-5-7-14(17(9-12)27-3)21-15-11-19(23)22(20(15)24)16-8-6-13(26-2)10-18(16)28-4/h5-10,15,21H,11H2,1-4H3/t15-/m1/s1. The van der Waals surface area contributed by atoms with Gasteiger partial charge in [-0.2, -0.15) is 0 Å². The molecular formula is C20H22N2O6. The van der Waals surface area contributed by atoms with Crippen LogP contribution in [0.4, 0.5) is 11.4 Å². The van der Waals surface area contributed by atoms with Crippen LogP contribution < -0.4 is 29.2 Å². The van der Waals surface area contributed by atoms with E-state index in [1.165, 1.54) is 21.3 Å². The molecule has 1 atom stereocenters. The van der Waals surface area contributed by atoms with Crippen LogP contribution in [0.3, 0.4) is 0 Å². The van der Waals surface area contributed by atoms with Crippen LogP contribution in [-0.2, 0) is 9.59 Å². The maximum Gasteiger partial charge on any atom is 0.256 e. The Morgan fingerprint density at radius 3 is 2.07 bits per heavy atom. The number of nitrogens with one attached hydrogen (secondary N) is 1. The van der Waals surface area contributed by atoms with Crippen LogP contribution in [0, 0.1) is 0 Å². The van der Waals surface area contributed by atoms with Gasteiger partial charge in [-0.3, -0.25) is 9.59 Å². The highest BCUT2D eigenvalue weighted by molar-refractivity contribution is 6.23. The van der Waals surface area contributed by atoms with E-state index in [0.717, 1.165) is 4.90 Å². The first kappa shape index (κ1) is 19.3. The summed E-state index contributed by atoms with van der Waals surface area (Å²) in [6, 6.07) is 9.40. The highest BCUT2D eigenvalue weighted by Gasteiger charge is 2.41. The molecule has 1 fully saturated rings. The fraction of sp³-hybridized carbons (Fsp3) is 0.300. The van der Waals surface area contributed by atoms with Crippen molar-refractivity contribution in [3.63, 3.8) is 0 Å². The van der Waals surface area contributed by atoms with Gasteiger partial charge in [-0.15, -0.1) is 0 Å². The lowest BCUT2D eigenvalue weighted by atomic mass is 10.2. The first-order chi connectivity index (χ1) is 13.5. The second-order valence-electron chi connectivity index (χ2n) is 6.07. The molecule has 2 aromatic rings. The predicted octanol–water partition coefficient (Wildman–Crippen LogP) is 2.47. The third kappa shape index (κ3) is 3.53. The molecule has 1 aliphatic heterocycles. The van der Waals surface area contributed by atoms with Crippen molar-refractivity contribution in [1.29, 1.82) is 0 Å². The lowest BCUT2D eigenvalue weighted by molar-refractivity contribution is -0.121. The van der Waals surface area contributed by atoms with Crippen molar-refractivity contribution >= 4 is 23.2 Å². The van der Waals surface area contributed by atoms with E-state index < -0.39 is 6.04 Å². The van der Waals surface area contributed by atoms with Gasteiger partial charge in [0.2, 0.25) is 5.91 Å². The van der Waals surface area contributed by atoms with E-state index in [9.17, 15) is 9.59 Å². The second-order valence-corrected chi connectivity index (χ2v) is 6.07. The quantitative estimate of drug-likeness (QED) is 0.732. The van der Waals surface area contributed by atoms with Crippen molar-refractivity contribution in [2.24, 2.45) is 0 Å². The third-order valence-electron chi connectivity index (χ3n) is 4.51. The molecular weight excluding hydrogens is 364 g/mol. The maximum atomic E-state index is 13.0. The van der Waals surface area contributed by atoms with E-state index in [-0.39, 0.29) is 18.2 Å². The highest BCUT2D eigenvalue weighted by atomic mass is 16.5. The molecule has 8 nitrogen and oxygen atoms in total. The van der Waals surface area contributed by atoms with Crippen LogP contribution >= 0.6 is 0 Å². The smallest absolute Gasteiger partial charge is 0.256 e. The van der Waals surface area contributed by atoms with Gasteiger partial charge in [-0.05, 0) is 24.3 Å². The normalized spacial score (nSPS) is 16.1. The fourth-order valence-corrected chi connectivity index (χ4v) is 3.07. The number of hydrogen-bond donors (Lipinski definition) is 1. The van der Waals surface area contributed by atoms with E-state index in [0.29, 0.717) is 34.4 Å². The number of amides is 2. The zero-order valence-electron chi connectivity index (χ0n) is 16.1. The Hall–Kier alpha value is -3.42. The zero-order chi connectivity index (χ0) is 20.3. The molecule has 2 amide bonds. The number of benzene rings is 2. The molecule has 0 unspecified atom stereocenters. The molecule has 0 radical (unpaired) electrons. The Balaban J connectivity index is 1.87. The number of ether oxygens (including phenoxy) is 4.